The molecule has 10 heteroatoms. The van der Waals surface area contributed by atoms with Crippen molar-refractivity contribution in [3.05, 3.63) is 54.4 Å². The van der Waals surface area contributed by atoms with Crippen LogP contribution in [0.2, 0.25) is 0 Å². The summed E-state index contributed by atoms with van der Waals surface area (Å²) < 4.78 is 21.8. The van der Waals surface area contributed by atoms with E-state index in [-0.39, 0.29) is 24.4 Å². The number of methoxy groups -OCH3 is 2. The van der Waals surface area contributed by atoms with Gasteiger partial charge in [0.15, 0.2) is 23.0 Å². The number of rotatable bonds is 6. The van der Waals surface area contributed by atoms with Gasteiger partial charge in [0.2, 0.25) is 5.91 Å². The summed E-state index contributed by atoms with van der Waals surface area (Å²) in [7, 11) is 3.18. The third-order valence-electron chi connectivity index (χ3n) is 6.02. The van der Waals surface area contributed by atoms with Crippen molar-refractivity contribution in [2.24, 2.45) is 0 Å². The highest BCUT2D eigenvalue weighted by Crippen LogP contribution is 2.36. The van der Waals surface area contributed by atoms with Gasteiger partial charge in [0.25, 0.3) is 5.91 Å². The minimum atomic E-state index is -0.412. The lowest BCUT2D eigenvalue weighted by Gasteiger charge is -2.31. The molecule has 0 aliphatic carbocycles. The largest absolute Gasteiger partial charge is 0.493 e. The predicted octanol–water partition coefficient (Wildman–Crippen LogP) is 2.05. The molecule has 0 radical (unpaired) electrons. The van der Waals surface area contributed by atoms with Crippen molar-refractivity contribution in [2.75, 3.05) is 39.3 Å². The van der Waals surface area contributed by atoms with Crippen LogP contribution >= 0.6 is 0 Å². The Hall–Kier alpha value is -3.92. The van der Waals surface area contributed by atoms with Crippen molar-refractivity contribution in [3.8, 4) is 23.0 Å². The van der Waals surface area contributed by atoms with Gasteiger partial charge in [-0.2, -0.15) is 0 Å². The van der Waals surface area contributed by atoms with Crippen LogP contribution in [0, 0.1) is 0 Å². The Morgan fingerprint density at radius 2 is 1.85 bits per heavy atom. The first-order valence-corrected chi connectivity index (χ1v) is 11.0. The van der Waals surface area contributed by atoms with E-state index in [4.69, 9.17) is 18.9 Å². The molecule has 2 unspecified atom stereocenters. The van der Waals surface area contributed by atoms with E-state index in [0.29, 0.717) is 48.3 Å². The summed E-state index contributed by atoms with van der Waals surface area (Å²) in [6, 6.07) is 10.4. The van der Waals surface area contributed by atoms with Crippen LogP contribution in [0.5, 0.6) is 23.0 Å². The lowest BCUT2D eigenvalue weighted by molar-refractivity contribution is -0.137. The number of hydrogen-bond donors (Lipinski definition) is 2. The number of hydrogen-bond acceptors (Lipinski definition) is 8. The maximum Gasteiger partial charge on any atom is 0.251 e. The fourth-order valence-corrected chi connectivity index (χ4v) is 4.33. The summed E-state index contributed by atoms with van der Waals surface area (Å²) in [4.78, 5) is 27.2. The zero-order chi connectivity index (χ0) is 23.7. The van der Waals surface area contributed by atoms with Crippen molar-refractivity contribution in [3.63, 3.8) is 0 Å². The molecule has 5 rings (SSSR count). The van der Waals surface area contributed by atoms with Crippen molar-refractivity contribution < 1.29 is 28.5 Å². The molecule has 0 bridgehead atoms. The molecule has 2 aromatic carbocycles. The van der Waals surface area contributed by atoms with Gasteiger partial charge in [-0.25, -0.2) is 5.43 Å². The fraction of sp³-hybridized carbons (Fsp3) is 0.333. The molecule has 0 spiro atoms. The number of fused-ring (bicyclic) bond motifs is 2. The third kappa shape index (κ3) is 4.19. The van der Waals surface area contributed by atoms with Gasteiger partial charge in [0.05, 0.1) is 20.3 Å². The monoisotopic (exact) mass is 466 g/mol. The van der Waals surface area contributed by atoms with E-state index in [1.807, 2.05) is 18.2 Å². The van der Waals surface area contributed by atoms with Crippen molar-refractivity contribution in [1.82, 2.24) is 15.3 Å². The number of hydrazine groups is 1. The average molecular weight is 466 g/mol. The molecule has 3 heterocycles. The van der Waals surface area contributed by atoms with Crippen LogP contribution in [-0.2, 0) is 9.59 Å². The number of benzene rings is 2. The van der Waals surface area contributed by atoms with Crippen molar-refractivity contribution in [1.29, 1.82) is 0 Å². The Kier molecular flexibility index (Phi) is 5.89. The van der Waals surface area contributed by atoms with Gasteiger partial charge in [-0.1, -0.05) is 6.07 Å². The van der Waals surface area contributed by atoms with Crippen LogP contribution in [0.1, 0.15) is 18.0 Å². The first kappa shape index (κ1) is 21.9. The number of carbonyl (C=O) groups is 2. The molecule has 2 aromatic rings. The number of amides is 2. The Morgan fingerprint density at radius 1 is 1.06 bits per heavy atom. The van der Waals surface area contributed by atoms with Gasteiger partial charge in [-0.05, 0) is 36.2 Å². The zero-order valence-electron chi connectivity index (χ0n) is 18.9. The van der Waals surface area contributed by atoms with Crippen LogP contribution in [0.4, 0.5) is 5.69 Å². The van der Waals surface area contributed by atoms with Gasteiger partial charge in [-0.3, -0.25) is 9.59 Å². The second-order valence-corrected chi connectivity index (χ2v) is 8.13. The molecule has 10 nitrogen and oxygen atoms in total. The summed E-state index contributed by atoms with van der Waals surface area (Å²) in [6.07, 6.45) is 3.95. The maximum atomic E-state index is 13.1. The summed E-state index contributed by atoms with van der Waals surface area (Å²) in [5.74, 6) is 2.07. The van der Waals surface area contributed by atoms with Gasteiger partial charge >= 0.3 is 0 Å². The van der Waals surface area contributed by atoms with E-state index < -0.39 is 6.04 Å². The third-order valence-corrected chi connectivity index (χ3v) is 6.02. The van der Waals surface area contributed by atoms with E-state index >= 15 is 0 Å². The van der Waals surface area contributed by atoms with Crippen molar-refractivity contribution in [2.45, 2.75) is 18.5 Å². The first-order chi connectivity index (χ1) is 16.6. The predicted molar refractivity (Wildman–Crippen MR) is 123 cm³/mol. The molecule has 0 aromatic heterocycles. The summed E-state index contributed by atoms with van der Waals surface area (Å²) in [5.41, 5.74) is 4.91. The quantitative estimate of drug-likeness (QED) is 0.667. The molecule has 178 valence electrons. The molecule has 3 aliphatic rings. The van der Waals surface area contributed by atoms with Gasteiger partial charge < -0.3 is 34.2 Å². The van der Waals surface area contributed by atoms with E-state index in [9.17, 15) is 9.59 Å². The highest BCUT2D eigenvalue weighted by Gasteiger charge is 2.40. The van der Waals surface area contributed by atoms with Crippen LogP contribution in [0.25, 0.3) is 0 Å². The minimum absolute atomic E-state index is 0.0788. The lowest BCUT2D eigenvalue weighted by atomic mass is 10.0. The molecule has 2 atom stereocenters. The SMILES string of the molecule is COc1ccc(C2CC3C(=O)N(CC(=O)Nc4ccc5c(c4)OCCO5)C=CN3N2)cc1OC. The number of nitrogens with one attached hydrogen (secondary N) is 2. The number of anilines is 1. The topological polar surface area (TPSA) is 102 Å². The Morgan fingerprint density at radius 3 is 2.65 bits per heavy atom. The van der Waals surface area contributed by atoms with E-state index in [2.05, 4.69) is 10.7 Å². The molecule has 1 fully saturated rings. The molecule has 3 aliphatic heterocycles. The normalized spacial score (nSPS) is 20.7. The van der Waals surface area contributed by atoms with E-state index in [1.165, 1.54) is 4.90 Å². The van der Waals surface area contributed by atoms with Crippen molar-refractivity contribution >= 4 is 17.5 Å². The number of carbonyl (C=O) groups excluding carboxylic acids is 2. The van der Waals surface area contributed by atoms with E-state index in [1.54, 1.807) is 49.8 Å². The highest BCUT2D eigenvalue weighted by molar-refractivity contribution is 5.96. The van der Waals surface area contributed by atoms with Gasteiger partial charge in [-0.15, -0.1) is 0 Å². The molecule has 34 heavy (non-hydrogen) atoms. The Bertz CT molecular complexity index is 1140. The Labute approximate surface area is 197 Å². The fourth-order valence-electron chi connectivity index (χ4n) is 4.33. The number of nitrogens with zero attached hydrogens (tertiary/aromatic N) is 2. The van der Waals surface area contributed by atoms with Crippen LogP contribution < -0.4 is 29.7 Å². The minimum Gasteiger partial charge on any atom is -0.493 e. The molecule has 0 saturated carbocycles. The average Bonchev–Trinajstić information content (AvgIpc) is 3.30. The molecular weight excluding hydrogens is 440 g/mol. The van der Waals surface area contributed by atoms with Gasteiger partial charge in [0.1, 0.15) is 25.8 Å². The first-order valence-electron chi connectivity index (χ1n) is 11.0. The van der Waals surface area contributed by atoms with E-state index in [0.717, 1.165) is 5.56 Å². The zero-order valence-corrected chi connectivity index (χ0v) is 18.9. The van der Waals surface area contributed by atoms with Crippen LogP contribution in [0.15, 0.2) is 48.8 Å². The second-order valence-electron chi connectivity index (χ2n) is 8.13. The maximum absolute atomic E-state index is 13.1. The standard InChI is InChI=1S/C24H26N4O6/c1-31-19-5-3-15(11-21(19)32-2)17-13-18-24(30)27(7-8-28(18)26-17)14-23(29)25-16-4-6-20-22(12-16)34-10-9-33-20/h3-8,11-12,17-18,26H,9-10,13-14H2,1-2H3,(H,25,29). The molecule has 1 saturated heterocycles. The second kappa shape index (κ2) is 9.14. The van der Waals surface area contributed by atoms with Gasteiger partial charge in [0, 0.05) is 24.2 Å². The number of ether oxygens (including phenoxy) is 4. The lowest BCUT2D eigenvalue weighted by Crippen LogP contribution is -2.49. The summed E-state index contributed by atoms with van der Waals surface area (Å²) in [6.45, 7) is 0.880. The smallest absolute Gasteiger partial charge is 0.251 e. The molecular formula is C24H26N4O6. The highest BCUT2D eigenvalue weighted by atomic mass is 16.6. The van der Waals surface area contributed by atoms with Crippen LogP contribution in [-0.4, -0.2) is 61.7 Å². The molecule has 2 amide bonds. The molecule has 2 N–H and O–H groups in total. The summed E-state index contributed by atoms with van der Waals surface area (Å²) >= 11 is 0. The Balaban J connectivity index is 1.22. The summed E-state index contributed by atoms with van der Waals surface area (Å²) in [5, 5.41) is 4.61. The van der Waals surface area contributed by atoms with Crippen LogP contribution in [0.3, 0.4) is 0 Å².